The molecule has 4 rings (SSSR count). The summed E-state index contributed by atoms with van der Waals surface area (Å²) in [6.45, 7) is 0.418. The van der Waals surface area contributed by atoms with Crippen LogP contribution in [0.4, 0.5) is 0 Å². The van der Waals surface area contributed by atoms with Crippen molar-refractivity contribution in [1.29, 1.82) is 0 Å². The summed E-state index contributed by atoms with van der Waals surface area (Å²) in [5.41, 5.74) is 1.09. The summed E-state index contributed by atoms with van der Waals surface area (Å²) in [6, 6.07) is 10.9. The van der Waals surface area contributed by atoms with E-state index in [1.54, 1.807) is 0 Å². The van der Waals surface area contributed by atoms with Crippen molar-refractivity contribution in [1.82, 2.24) is 0 Å². The number of fused-ring (bicyclic) bond motifs is 2. The van der Waals surface area contributed by atoms with E-state index in [0.717, 1.165) is 48.6 Å². The van der Waals surface area contributed by atoms with Crippen LogP contribution >= 0.6 is 0 Å². The number of esters is 2. The second kappa shape index (κ2) is 9.82. The number of nitrogens with zero attached hydrogens (tertiary/aromatic N) is 1. The molecule has 5 nitrogen and oxygen atoms in total. The molecule has 1 aromatic carbocycles. The molecule has 0 N–H and O–H groups in total. The van der Waals surface area contributed by atoms with Gasteiger partial charge < -0.3 is 30.9 Å². The van der Waals surface area contributed by atoms with Crippen LogP contribution in [-0.2, 0) is 19.1 Å². The van der Waals surface area contributed by atoms with Gasteiger partial charge in [-0.3, -0.25) is 4.79 Å². The van der Waals surface area contributed by atoms with Gasteiger partial charge in [0.2, 0.25) is 0 Å². The van der Waals surface area contributed by atoms with Gasteiger partial charge >= 0.3 is 11.9 Å². The SMILES string of the molecule is COC(=O)C[N+]1(C)[C@@H]2CC[C@H]1CC(OC(=O)C(c1ccccc1)C1CCCC1)C2.[Br-]. The molecule has 5 atom stereocenters. The number of benzene rings is 1. The molecular weight excluding hydrogens is 446 g/mol. The summed E-state index contributed by atoms with van der Waals surface area (Å²) in [5.74, 6) is 0.0570. The lowest BCUT2D eigenvalue weighted by Crippen LogP contribution is -3.00. The average Bonchev–Trinajstić information content (AvgIpc) is 3.26. The van der Waals surface area contributed by atoms with Gasteiger partial charge in [-0.25, -0.2) is 4.79 Å². The summed E-state index contributed by atoms with van der Waals surface area (Å²) in [6.07, 6.45) is 8.49. The first-order valence-electron chi connectivity index (χ1n) is 11.2. The maximum absolute atomic E-state index is 13.3. The molecule has 0 radical (unpaired) electrons. The van der Waals surface area contributed by atoms with E-state index >= 15 is 0 Å². The van der Waals surface area contributed by atoms with Crippen molar-refractivity contribution in [2.75, 3.05) is 20.7 Å². The van der Waals surface area contributed by atoms with Crippen molar-refractivity contribution >= 4 is 11.9 Å². The number of hydrogen-bond donors (Lipinski definition) is 0. The number of rotatable bonds is 6. The van der Waals surface area contributed by atoms with E-state index < -0.39 is 0 Å². The Balaban J connectivity index is 0.00000256. The Labute approximate surface area is 190 Å². The summed E-state index contributed by atoms with van der Waals surface area (Å²) >= 11 is 0. The topological polar surface area (TPSA) is 52.6 Å². The third kappa shape index (κ3) is 4.59. The molecule has 0 aromatic heterocycles. The van der Waals surface area contributed by atoms with Crippen molar-refractivity contribution in [3.63, 3.8) is 0 Å². The molecule has 2 aliphatic heterocycles. The van der Waals surface area contributed by atoms with Crippen molar-refractivity contribution in [2.45, 2.75) is 75.5 Å². The van der Waals surface area contributed by atoms with Crippen LogP contribution in [0.15, 0.2) is 30.3 Å². The van der Waals surface area contributed by atoms with Crippen LogP contribution in [0.25, 0.3) is 0 Å². The Kier molecular flexibility index (Phi) is 7.61. The Morgan fingerprint density at radius 2 is 1.63 bits per heavy atom. The van der Waals surface area contributed by atoms with Crippen molar-refractivity contribution in [3.8, 4) is 0 Å². The van der Waals surface area contributed by atoms with E-state index in [9.17, 15) is 9.59 Å². The molecule has 0 spiro atoms. The minimum atomic E-state index is -0.148. The zero-order chi connectivity index (χ0) is 20.4. The molecule has 1 saturated carbocycles. The van der Waals surface area contributed by atoms with E-state index in [1.165, 1.54) is 20.0 Å². The third-order valence-corrected chi connectivity index (χ3v) is 7.84. The number of ether oxygens (including phenoxy) is 2. The van der Waals surface area contributed by atoms with Crippen LogP contribution in [0.5, 0.6) is 0 Å². The molecule has 3 fully saturated rings. The van der Waals surface area contributed by atoms with Gasteiger partial charge in [0.15, 0.2) is 6.54 Å². The molecule has 0 amide bonds. The maximum Gasteiger partial charge on any atom is 0.361 e. The van der Waals surface area contributed by atoms with Gasteiger partial charge in [0, 0.05) is 25.7 Å². The van der Waals surface area contributed by atoms with Gasteiger partial charge in [-0.1, -0.05) is 43.2 Å². The van der Waals surface area contributed by atoms with E-state index in [4.69, 9.17) is 9.47 Å². The maximum atomic E-state index is 13.3. The fraction of sp³-hybridized carbons (Fsp3) is 0.667. The lowest BCUT2D eigenvalue weighted by atomic mass is 9.84. The van der Waals surface area contributed by atoms with Gasteiger partial charge in [-0.15, -0.1) is 0 Å². The minimum Gasteiger partial charge on any atom is -1.00 e. The number of quaternary nitrogens is 1. The Morgan fingerprint density at radius 1 is 1.03 bits per heavy atom. The van der Waals surface area contributed by atoms with Gasteiger partial charge in [0.25, 0.3) is 0 Å². The highest BCUT2D eigenvalue weighted by Gasteiger charge is 2.53. The lowest BCUT2D eigenvalue weighted by molar-refractivity contribution is -0.942. The number of piperidine rings is 1. The first-order chi connectivity index (χ1) is 14.0. The molecule has 2 saturated heterocycles. The number of hydrogen-bond acceptors (Lipinski definition) is 4. The number of carbonyl (C=O) groups excluding carboxylic acids is 2. The van der Waals surface area contributed by atoms with E-state index in [2.05, 4.69) is 19.2 Å². The highest BCUT2D eigenvalue weighted by atomic mass is 79.9. The van der Waals surface area contributed by atoms with Crippen LogP contribution in [0.3, 0.4) is 0 Å². The highest BCUT2D eigenvalue weighted by molar-refractivity contribution is 5.79. The Hall–Kier alpha value is -1.40. The van der Waals surface area contributed by atoms with Gasteiger partial charge in [-0.05, 0) is 24.3 Å². The fourth-order valence-electron chi connectivity index (χ4n) is 6.18. The normalized spacial score (nSPS) is 31.6. The number of likely N-dealkylation sites (N-methyl/N-ethyl adjacent to an activating group) is 1. The third-order valence-electron chi connectivity index (χ3n) is 7.84. The number of halogens is 1. The quantitative estimate of drug-likeness (QED) is 0.447. The fourth-order valence-corrected chi connectivity index (χ4v) is 6.18. The second-order valence-electron chi connectivity index (χ2n) is 9.43. The molecule has 3 aliphatic rings. The molecule has 1 aromatic rings. The molecule has 2 bridgehead atoms. The summed E-state index contributed by atoms with van der Waals surface area (Å²) < 4.78 is 11.8. The van der Waals surface area contributed by atoms with Crippen molar-refractivity contribution < 1.29 is 40.5 Å². The predicted molar refractivity (Wildman–Crippen MR) is 110 cm³/mol. The van der Waals surface area contributed by atoms with Gasteiger partial charge in [0.1, 0.15) is 6.10 Å². The molecule has 30 heavy (non-hydrogen) atoms. The Morgan fingerprint density at radius 3 is 2.20 bits per heavy atom. The van der Waals surface area contributed by atoms with Crippen molar-refractivity contribution in [3.05, 3.63) is 35.9 Å². The standard InChI is InChI=1S/C24H34NO4.BrH/c1-25(16-22(26)28-2)19-12-13-20(25)15-21(14-19)29-24(27)23(18-10-6-7-11-18)17-8-4-3-5-9-17;/h3-5,8-9,18-21,23H,6-7,10-16H2,1-2H3;1H/q+1;/p-1/t19-,20+,21?,23?,25?;. The van der Waals surface area contributed by atoms with Crippen LogP contribution < -0.4 is 17.0 Å². The summed E-state index contributed by atoms with van der Waals surface area (Å²) in [7, 11) is 3.63. The van der Waals surface area contributed by atoms with Gasteiger partial charge in [-0.2, -0.15) is 0 Å². The first-order valence-corrected chi connectivity index (χ1v) is 11.2. The molecular formula is C24H34BrNO4. The molecule has 166 valence electrons. The van der Waals surface area contributed by atoms with Crippen LogP contribution in [0.2, 0.25) is 0 Å². The minimum absolute atomic E-state index is 0. The zero-order valence-electron chi connectivity index (χ0n) is 18.1. The van der Waals surface area contributed by atoms with Crippen LogP contribution in [0.1, 0.15) is 62.8 Å². The highest BCUT2D eigenvalue weighted by Crippen LogP contribution is 2.43. The van der Waals surface area contributed by atoms with Crippen molar-refractivity contribution in [2.24, 2.45) is 5.92 Å². The smallest absolute Gasteiger partial charge is 0.361 e. The lowest BCUT2D eigenvalue weighted by Gasteiger charge is -2.46. The van der Waals surface area contributed by atoms with Crippen LogP contribution in [0, 0.1) is 5.92 Å². The van der Waals surface area contributed by atoms with E-state index in [0.29, 0.717) is 24.5 Å². The van der Waals surface area contributed by atoms with E-state index in [-0.39, 0.29) is 40.9 Å². The van der Waals surface area contributed by atoms with Gasteiger partial charge in [0.05, 0.1) is 32.2 Å². The molecule has 6 heteroatoms. The second-order valence-corrected chi connectivity index (χ2v) is 9.43. The predicted octanol–water partition coefficient (Wildman–Crippen LogP) is 0.821. The molecule has 1 aliphatic carbocycles. The Bertz CT molecular complexity index is 720. The average molecular weight is 480 g/mol. The number of methoxy groups -OCH3 is 1. The monoisotopic (exact) mass is 479 g/mol. The summed E-state index contributed by atoms with van der Waals surface area (Å²) in [5, 5.41) is 0. The summed E-state index contributed by atoms with van der Waals surface area (Å²) in [4.78, 5) is 25.3. The molecule has 2 heterocycles. The van der Waals surface area contributed by atoms with E-state index in [1.807, 2.05) is 18.2 Å². The number of carbonyl (C=O) groups is 2. The largest absolute Gasteiger partial charge is 1.00 e. The first kappa shape index (κ1) is 23.3. The van der Waals surface area contributed by atoms with Crippen LogP contribution in [-0.4, -0.2) is 55.3 Å². The zero-order valence-corrected chi connectivity index (χ0v) is 19.7. The molecule has 3 unspecified atom stereocenters.